The second-order valence-corrected chi connectivity index (χ2v) is 5.28. The first kappa shape index (κ1) is 15.8. The van der Waals surface area contributed by atoms with Crippen LogP contribution in [0.1, 0.15) is 6.92 Å². The molecule has 21 heavy (non-hydrogen) atoms. The molecule has 2 N–H and O–H groups in total. The Morgan fingerprint density at radius 3 is 2.33 bits per heavy atom. The van der Waals surface area contributed by atoms with Gasteiger partial charge in [0.25, 0.3) is 0 Å². The molecule has 0 fully saturated rings. The first-order valence-electron chi connectivity index (χ1n) is 6.84. The number of hydrogen-bond acceptors (Lipinski definition) is 3. The van der Waals surface area contributed by atoms with E-state index in [1.165, 1.54) is 0 Å². The molecular formula is C16H18Cl2N2O. The maximum absolute atomic E-state index is 6.09. The molecule has 112 valence electrons. The van der Waals surface area contributed by atoms with E-state index in [4.69, 9.17) is 27.9 Å². The van der Waals surface area contributed by atoms with Gasteiger partial charge >= 0.3 is 0 Å². The zero-order valence-corrected chi connectivity index (χ0v) is 13.3. The molecular weight excluding hydrogens is 307 g/mol. The third kappa shape index (κ3) is 5.03. The lowest BCUT2D eigenvalue weighted by molar-refractivity contribution is 0.340. The van der Waals surface area contributed by atoms with Crippen LogP contribution in [0.5, 0.6) is 5.75 Å². The van der Waals surface area contributed by atoms with Crippen molar-refractivity contribution in [1.29, 1.82) is 0 Å². The highest BCUT2D eigenvalue weighted by Gasteiger charge is 2.00. The van der Waals surface area contributed by atoms with Crippen LogP contribution in [0.2, 0.25) is 10.0 Å². The molecule has 2 aromatic rings. The van der Waals surface area contributed by atoms with Gasteiger partial charge in [0, 0.05) is 23.8 Å². The van der Waals surface area contributed by atoms with Crippen LogP contribution in [0.3, 0.4) is 0 Å². The summed E-state index contributed by atoms with van der Waals surface area (Å²) in [7, 11) is 0. The van der Waals surface area contributed by atoms with Gasteiger partial charge in [-0.05, 0) is 49.4 Å². The number of nitrogens with one attached hydrogen (secondary N) is 2. The van der Waals surface area contributed by atoms with Gasteiger partial charge in [0.15, 0.2) is 0 Å². The van der Waals surface area contributed by atoms with Crippen molar-refractivity contribution in [3.8, 4) is 5.75 Å². The van der Waals surface area contributed by atoms with Crippen LogP contribution >= 0.6 is 23.2 Å². The second-order valence-electron chi connectivity index (χ2n) is 4.44. The first-order valence-corrected chi connectivity index (χ1v) is 7.60. The smallest absolute Gasteiger partial charge is 0.119 e. The summed E-state index contributed by atoms with van der Waals surface area (Å²) in [5.41, 5.74) is 1.94. The molecule has 0 aliphatic heterocycles. The van der Waals surface area contributed by atoms with Crippen molar-refractivity contribution in [3.63, 3.8) is 0 Å². The van der Waals surface area contributed by atoms with Crippen LogP contribution in [-0.4, -0.2) is 19.7 Å². The van der Waals surface area contributed by atoms with Crippen LogP contribution in [0.4, 0.5) is 11.4 Å². The predicted molar refractivity (Wildman–Crippen MR) is 91.1 cm³/mol. The maximum Gasteiger partial charge on any atom is 0.119 e. The Bertz CT molecular complexity index is 573. The second kappa shape index (κ2) is 8.01. The van der Waals surface area contributed by atoms with E-state index >= 15 is 0 Å². The van der Waals surface area contributed by atoms with Gasteiger partial charge in [0.05, 0.1) is 17.3 Å². The van der Waals surface area contributed by atoms with Crippen molar-refractivity contribution in [2.75, 3.05) is 30.3 Å². The molecule has 0 heterocycles. The molecule has 0 spiro atoms. The highest BCUT2D eigenvalue weighted by Crippen LogP contribution is 2.25. The largest absolute Gasteiger partial charge is 0.494 e. The van der Waals surface area contributed by atoms with Gasteiger partial charge in [-0.3, -0.25) is 0 Å². The van der Waals surface area contributed by atoms with Crippen molar-refractivity contribution < 1.29 is 4.74 Å². The normalized spacial score (nSPS) is 10.2. The van der Waals surface area contributed by atoms with Crippen molar-refractivity contribution in [3.05, 3.63) is 52.5 Å². The highest BCUT2D eigenvalue weighted by atomic mass is 35.5. The predicted octanol–water partition coefficient (Wildman–Crippen LogP) is 4.92. The zero-order chi connectivity index (χ0) is 15.1. The van der Waals surface area contributed by atoms with Gasteiger partial charge in [0.2, 0.25) is 0 Å². The summed E-state index contributed by atoms with van der Waals surface area (Å²) in [5.74, 6) is 0.883. The fraction of sp³-hybridized carbons (Fsp3) is 0.250. The number of halogens is 2. The van der Waals surface area contributed by atoms with E-state index < -0.39 is 0 Å². The molecule has 0 aliphatic carbocycles. The molecule has 0 aromatic heterocycles. The summed E-state index contributed by atoms with van der Waals surface area (Å²) in [4.78, 5) is 0. The molecule has 0 bridgehead atoms. The van der Waals surface area contributed by atoms with Crippen LogP contribution in [0, 0.1) is 0 Å². The number of benzene rings is 2. The Balaban J connectivity index is 1.76. The molecule has 3 nitrogen and oxygen atoms in total. The number of ether oxygens (including phenoxy) is 1. The van der Waals surface area contributed by atoms with Crippen molar-refractivity contribution in [2.24, 2.45) is 0 Å². The van der Waals surface area contributed by atoms with E-state index in [0.29, 0.717) is 16.7 Å². The summed E-state index contributed by atoms with van der Waals surface area (Å²) >= 11 is 12.0. The van der Waals surface area contributed by atoms with Crippen molar-refractivity contribution >= 4 is 34.6 Å². The molecule has 0 atom stereocenters. The van der Waals surface area contributed by atoms with Gasteiger partial charge in [-0.2, -0.15) is 0 Å². The van der Waals surface area contributed by atoms with Gasteiger partial charge < -0.3 is 15.4 Å². The molecule has 2 rings (SSSR count). The SMILES string of the molecule is CCOc1ccc(NCCNc2ccc(Cl)cc2Cl)cc1. The number of rotatable bonds is 7. The molecule has 0 saturated carbocycles. The lowest BCUT2D eigenvalue weighted by Gasteiger charge is -2.11. The lowest BCUT2D eigenvalue weighted by Crippen LogP contribution is -2.13. The molecule has 0 amide bonds. The average molecular weight is 325 g/mol. The van der Waals surface area contributed by atoms with E-state index in [-0.39, 0.29) is 0 Å². The van der Waals surface area contributed by atoms with Crippen LogP contribution in [-0.2, 0) is 0 Å². The van der Waals surface area contributed by atoms with Crippen LogP contribution in [0.25, 0.3) is 0 Å². The summed E-state index contributed by atoms with van der Waals surface area (Å²) in [6.07, 6.45) is 0. The van der Waals surface area contributed by atoms with Crippen LogP contribution in [0.15, 0.2) is 42.5 Å². The summed E-state index contributed by atoms with van der Waals surface area (Å²) in [6, 6.07) is 13.3. The topological polar surface area (TPSA) is 33.3 Å². The summed E-state index contributed by atoms with van der Waals surface area (Å²) in [6.45, 7) is 4.19. The van der Waals surface area contributed by atoms with Crippen LogP contribution < -0.4 is 15.4 Å². The third-order valence-corrected chi connectivity index (χ3v) is 3.41. The van der Waals surface area contributed by atoms with E-state index in [2.05, 4.69) is 10.6 Å². The molecule has 0 radical (unpaired) electrons. The Labute approximate surface area is 135 Å². The van der Waals surface area contributed by atoms with E-state index in [9.17, 15) is 0 Å². The fourth-order valence-corrected chi connectivity index (χ4v) is 2.35. The highest BCUT2D eigenvalue weighted by molar-refractivity contribution is 6.36. The molecule has 0 aliphatic rings. The molecule has 0 unspecified atom stereocenters. The standard InChI is InChI=1S/C16H18Cl2N2O/c1-2-21-14-6-4-13(5-7-14)19-9-10-20-16-8-3-12(17)11-15(16)18/h3-8,11,19-20H,2,9-10H2,1H3. The minimum atomic E-state index is 0.628. The van der Waals surface area contributed by atoms with E-state index in [1.54, 1.807) is 6.07 Å². The Hall–Kier alpha value is -1.58. The summed E-state index contributed by atoms with van der Waals surface area (Å²) in [5, 5.41) is 7.86. The van der Waals surface area contributed by atoms with E-state index in [1.807, 2.05) is 43.3 Å². The minimum Gasteiger partial charge on any atom is -0.494 e. The Morgan fingerprint density at radius 1 is 0.952 bits per heavy atom. The van der Waals surface area contributed by atoms with E-state index in [0.717, 1.165) is 30.2 Å². The van der Waals surface area contributed by atoms with Gasteiger partial charge in [-0.1, -0.05) is 23.2 Å². The quantitative estimate of drug-likeness (QED) is 0.709. The Morgan fingerprint density at radius 2 is 1.67 bits per heavy atom. The molecule has 5 heteroatoms. The van der Waals surface area contributed by atoms with Gasteiger partial charge in [-0.25, -0.2) is 0 Å². The van der Waals surface area contributed by atoms with Crippen molar-refractivity contribution in [1.82, 2.24) is 0 Å². The zero-order valence-electron chi connectivity index (χ0n) is 11.8. The maximum atomic E-state index is 6.09. The first-order chi connectivity index (χ1) is 10.2. The number of anilines is 2. The van der Waals surface area contributed by atoms with Gasteiger partial charge in [-0.15, -0.1) is 0 Å². The average Bonchev–Trinajstić information content (AvgIpc) is 2.47. The minimum absolute atomic E-state index is 0.628. The fourth-order valence-electron chi connectivity index (χ4n) is 1.87. The monoisotopic (exact) mass is 324 g/mol. The van der Waals surface area contributed by atoms with Gasteiger partial charge in [0.1, 0.15) is 5.75 Å². The summed E-state index contributed by atoms with van der Waals surface area (Å²) < 4.78 is 5.40. The van der Waals surface area contributed by atoms with Crippen molar-refractivity contribution in [2.45, 2.75) is 6.92 Å². The third-order valence-electron chi connectivity index (χ3n) is 2.87. The molecule has 0 saturated heterocycles. The number of hydrogen-bond donors (Lipinski definition) is 2. The molecule has 2 aromatic carbocycles. The Kier molecular flexibility index (Phi) is 6.03. The lowest BCUT2D eigenvalue weighted by atomic mass is 10.3.